The first-order chi connectivity index (χ1) is 7.63. The zero-order chi connectivity index (χ0) is 11.7. The molecule has 16 heavy (non-hydrogen) atoms. The molecule has 0 spiro atoms. The average Bonchev–Trinajstić information content (AvgIpc) is 2.60. The number of aryl methyl sites for hydroxylation is 1. The van der Waals surface area contributed by atoms with Gasteiger partial charge in [0.2, 0.25) is 0 Å². The second-order valence-corrected chi connectivity index (χ2v) is 3.38. The molecule has 2 aromatic rings. The minimum atomic E-state index is -0.490. The Morgan fingerprint density at radius 2 is 2.06 bits per heavy atom. The summed E-state index contributed by atoms with van der Waals surface area (Å²) in [4.78, 5) is 11.6. The van der Waals surface area contributed by atoms with Crippen LogP contribution in [0.3, 0.4) is 0 Å². The Morgan fingerprint density at radius 1 is 1.31 bits per heavy atom. The van der Waals surface area contributed by atoms with Crippen molar-refractivity contribution >= 4 is 0 Å². The number of hydrogen-bond donors (Lipinski definition) is 0. The Labute approximate surface area is 91.5 Å². The fraction of sp³-hybridized carbons (Fsp3) is 0.182. The van der Waals surface area contributed by atoms with Crippen molar-refractivity contribution in [3.05, 3.63) is 46.9 Å². The maximum Gasteiger partial charge on any atom is 0.332 e. The minimum absolute atomic E-state index is 0.160. The minimum Gasteiger partial charge on any atom is -0.494 e. The summed E-state index contributed by atoms with van der Waals surface area (Å²) in [7, 11) is 3.03. The molecular formula is C11H11FN2O2. The molecule has 0 aliphatic rings. The third-order valence-electron chi connectivity index (χ3n) is 2.36. The molecule has 0 fully saturated rings. The largest absolute Gasteiger partial charge is 0.494 e. The van der Waals surface area contributed by atoms with Gasteiger partial charge >= 0.3 is 5.69 Å². The molecule has 0 aliphatic carbocycles. The van der Waals surface area contributed by atoms with Crippen LogP contribution >= 0.6 is 0 Å². The van der Waals surface area contributed by atoms with Gasteiger partial charge in [-0.1, -0.05) is 0 Å². The van der Waals surface area contributed by atoms with Crippen molar-refractivity contribution in [2.75, 3.05) is 7.11 Å². The lowest BCUT2D eigenvalue weighted by Crippen LogP contribution is -2.20. The van der Waals surface area contributed by atoms with Crippen molar-refractivity contribution in [1.29, 1.82) is 0 Å². The van der Waals surface area contributed by atoms with E-state index in [1.165, 1.54) is 28.4 Å². The molecule has 0 bridgehead atoms. The Balaban J connectivity index is 2.54. The number of hydrogen-bond acceptors (Lipinski definition) is 2. The fourth-order valence-corrected chi connectivity index (χ4v) is 1.47. The lowest BCUT2D eigenvalue weighted by molar-refractivity contribution is 0.386. The van der Waals surface area contributed by atoms with Gasteiger partial charge in [0.05, 0.1) is 12.8 Å². The number of methoxy groups -OCH3 is 1. The topological polar surface area (TPSA) is 36.2 Å². The highest BCUT2D eigenvalue weighted by Crippen LogP contribution is 2.19. The molecule has 1 aromatic carbocycles. The number of ether oxygens (including phenoxy) is 1. The quantitative estimate of drug-likeness (QED) is 0.768. The zero-order valence-corrected chi connectivity index (χ0v) is 8.98. The zero-order valence-electron chi connectivity index (χ0n) is 8.98. The molecule has 0 radical (unpaired) electrons. The molecule has 1 heterocycles. The molecule has 0 saturated heterocycles. The molecule has 0 unspecified atom stereocenters. The lowest BCUT2D eigenvalue weighted by atomic mass is 10.3. The van der Waals surface area contributed by atoms with Crippen molar-refractivity contribution in [3.63, 3.8) is 0 Å². The summed E-state index contributed by atoms with van der Waals surface area (Å²) in [5.41, 5.74) is 0.258. The van der Waals surface area contributed by atoms with E-state index in [-0.39, 0.29) is 11.4 Å². The molecule has 4 nitrogen and oxygen atoms in total. The van der Waals surface area contributed by atoms with Crippen LogP contribution in [0.5, 0.6) is 5.75 Å². The highest BCUT2D eigenvalue weighted by molar-refractivity contribution is 5.38. The molecular weight excluding hydrogens is 211 g/mol. The first-order valence-corrected chi connectivity index (χ1v) is 4.71. The van der Waals surface area contributed by atoms with Crippen molar-refractivity contribution in [1.82, 2.24) is 9.13 Å². The van der Waals surface area contributed by atoms with Crippen LogP contribution < -0.4 is 10.4 Å². The maximum absolute atomic E-state index is 13.4. The Morgan fingerprint density at radius 3 is 2.56 bits per heavy atom. The summed E-state index contributed by atoms with van der Waals surface area (Å²) in [5, 5.41) is 0. The summed E-state index contributed by atoms with van der Waals surface area (Å²) in [6, 6.07) is 4.38. The molecule has 1 aromatic heterocycles. The third kappa shape index (κ3) is 1.60. The van der Waals surface area contributed by atoms with E-state index >= 15 is 0 Å². The molecule has 0 N–H and O–H groups in total. The van der Waals surface area contributed by atoms with Crippen molar-refractivity contribution in [2.45, 2.75) is 0 Å². The first kappa shape index (κ1) is 10.5. The fourth-order valence-electron chi connectivity index (χ4n) is 1.47. The smallest absolute Gasteiger partial charge is 0.332 e. The highest BCUT2D eigenvalue weighted by Gasteiger charge is 2.07. The van der Waals surface area contributed by atoms with Crippen molar-refractivity contribution < 1.29 is 9.13 Å². The molecule has 2 rings (SSSR count). The van der Waals surface area contributed by atoms with Gasteiger partial charge in [0.1, 0.15) is 0 Å². The maximum atomic E-state index is 13.4. The van der Waals surface area contributed by atoms with E-state index in [2.05, 4.69) is 0 Å². The number of nitrogens with zero attached hydrogens (tertiary/aromatic N) is 2. The Bertz CT molecular complexity index is 572. The van der Waals surface area contributed by atoms with Crippen LogP contribution in [0.4, 0.5) is 4.39 Å². The molecule has 0 atom stereocenters. The van der Waals surface area contributed by atoms with E-state index in [4.69, 9.17) is 4.74 Å². The number of aromatic nitrogens is 2. The van der Waals surface area contributed by atoms with Gasteiger partial charge in [-0.25, -0.2) is 9.18 Å². The number of benzene rings is 1. The summed E-state index contributed by atoms with van der Waals surface area (Å²) in [6.07, 6.45) is 3.20. The van der Waals surface area contributed by atoms with Crippen molar-refractivity contribution in [2.24, 2.45) is 7.05 Å². The highest BCUT2D eigenvalue weighted by atomic mass is 19.1. The second kappa shape index (κ2) is 3.84. The van der Waals surface area contributed by atoms with Crippen LogP contribution in [0.2, 0.25) is 0 Å². The summed E-state index contributed by atoms with van der Waals surface area (Å²) < 4.78 is 21.0. The standard InChI is InChI=1S/C11H11FN2O2/c1-13-5-6-14(11(13)15)8-3-4-10(16-2)9(12)7-8/h3-7H,1-2H3. The van der Waals surface area contributed by atoms with Gasteiger partial charge in [-0.05, 0) is 12.1 Å². The van der Waals surface area contributed by atoms with Crippen LogP contribution in [0.1, 0.15) is 0 Å². The van der Waals surface area contributed by atoms with Crippen LogP contribution in [0, 0.1) is 5.82 Å². The van der Waals surface area contributed by atoms with E-state index < -0.39 is 5.82 Å². The van der Waals surface area contributed by atoms with Crippen LogP contribution in [-0.2, 0) is 7.05 Å². The van der Waals surface area contributed by atoms with E-state index in [1.807, 2.05) is 0 Å². The molecule has 84 valence electrons. The number of imidazole rings is 1. The Hall–Kier alpha value is -2.04. The number of halogens is 1. The van der Waals surface area contributed by atoms with Gasteiger partial charge in [0.15, 0.2) is 11.6 Å². The predicted octanol–water partition coefficient (Wildman–Crippen LogP) is 1.32. The van der Waals surface area contributed by atoms with Gasteiger partial charge in [-0.2, -0.15) is 0 Å². The second-order valence-electron chi connectivity index (χ2n) is 3.38. The normalized spacial score (nSPS) is 10.4. The SMILES string of the molecule is COc1ccc(-n2ccn(C)c2=O)cc1F. The summed E-state index contributed by atoms with van der Waals surface area (Å²) in [6.45, 7) is 0. The van der Waals surface area contributed by atoms with Crippen LogP contribution in [-0.4, -0.2) is 16.2 Å². The van der Waals surface area contributed by atoms with Gasteiger partial charge in [-0.3, -0.25) is 4.57 Å². The van der Waals surface area contributed by atoms with Gasteiger partial charge in [0, 0.05) is 25.5 Å². The van der Waals surface area contributed by atoms with E-state index in [9.17, 15) is 9.18 Å². The summed E-state index contributed by atoms with van der Waals surface area (Å²) >= 11 is 0. The number of rotatable bonds is 2. The summed E-state index contributed by atoms with van der Waals surface area (Å²) in [5.74, 6) is -0.330. The monoisotopic (exact) mass is 222 g/mol. The van der Waals surface area contributed by atoms with Crippen molar-refractivity contribution in [3.8, 4) is 11.4 Å². The van der Waals surface area contributed by atoms with Gasteiger partial charge < -0.3 is 9.30 Å². The van der Waals surface area contributed by atoms with E-state index in [0.717, 1.165) is 0 Å². The molecule has 0 aliphatic heterocycles. The molecule has 0 amide bonds. The third-order valence-corrected chi connectivity index (χ3v) is 2.36. The Kier molecular flexibility index (Phi) is 2.52. The van der Waals surface area contributed by atoms with Gasteiger partial charge in [0.25, 0.3) is 0 Å². The average molecular weight is 222 g/mol. The van der Waals surface area contributed by atoms with E-state index in [0.29, 0.717) is 5.69 Å². The predicted molar refractivity (Wildman–Crippen MR) is 57.5 cm³/mol. The van der Waals surface area contributed by atoms with E-state index in [1.54, 1.807) is 25.5 Å². The van der Waals surface area contributed by atoms with Gasteiger partial charge in [-0.15, -0.1) is 0 Å². The van der Waals surface area contributed by atoms with Crippen LogP contribution in [0.25, 0.3) is 5.69 Å². The first-order valence-electron chi connectivity index (χ1n) is 4.71. The lowest BCUT2D eigenvalue weighted by Gasteiger charge is -2.04. The molecule has 5 heteroatoms. The van der Waals surface area contributed by atoms with Crippen LogP contribution in [0.15, 0.2) is 35.4 Å². The molecule has 0 saturated carbocycles.